The molecule has 3 aliphatic rings. The van der Waals surface area contributed by atoms with E-state index in [0.717, 1.165) is 51.7 Å². The number of methoxy groups -OCH3 is 2. The lowest BCUT2D eigenvalue weighted by Crippen LogP contribution is -2.44. The van der Waals surface area contributed by atoms with E-state index >= 15 is 0 Å². The normalized spacial score (nSPS) is 16.9. The molecule has 13 nitrogen and oxygen atoms in total. The molecule has 0 bridgehead atoms. The molecule has 3 aromatic heterocycles. The van der Waals surface area contributed by atoms with Crippen LogP contribution in [0.1, 0.15) is 64.8 Å². The van der Waals surface area contributed by atoms with E-state index in [1.165, 1.54) is 9.13 Å². The van der Waals surface area contributed by atoms with Crippen molar-refractivity contribution in [1.82, 2.24) is 28.9 Å². The molecule has 6 aromatic rings. The molecule has 2 fully saturated rings. The molecule has 0 radical (unpaired) electrons. The Morgan fingerprint density at radius 1 is 0.836 bits per heavy atom. The van der Waals surface area contributed by atoms with Crippen LogP contribution in [0.3, 0.4) is 0 Å². The fraction of sp³-hybridized carbons (Fsp3) is 0.286. The van der Waals surface area contributed by atoms with Gasteiger partial charge in [0.1, 0.15) is 17.5 Å². The Bertz CT molecular complexity index is 2750. The van der Waals surface area contributed by atoms with E-state index in [2.05, 4.69) is 10.3 Å². The zero-order chi connectivity index (χ0) is 38.3. The summed E-state index contributed by atoms with van der Waals surface area (Å²) in [6.07, 6.45) is 6.07. The van der Waals surface area contributed by atoms with Crippen LogP contribution in [0.15, 0.2) is 76.6 Å². The number of fused-ring (bicyclic) bond motifs is 3. The number of hydrogen-bond donors (Lipinski definition) is 1. The van der Waals surface area contributed by atoms with Gasteiger partial charge in [-0.1, -0.05) is 24.3 Å². The first-order valence-electron chi connectivity index (χ1n) is 18.3. The number of nitrogens with one attached hydrogen (secondary N) is 1. The van der Waals surface area contributed by atoms with Gasteiger partial charge in [-0.2, -0.15) is 0 Å². The van der Waals surface area contributed by atoms with E-state index in [1.54, 1.807) is 50.0 Å². The number of amides is 3. The summed E-state index contributed by atoms with van der Waals surface area (Å²) < 4.78 is 16.4. The molecule has 0 spiro atoms. The molecule has 1 N–H and O–H groups in total. The van der Waals surface area contributed by atoms with Gasteiger partial charge in [0.15, 0.2) is 0 Å². The van der Waals surface area contributed by atoms with Crippen LogP contribution in [0.25, 0.3) is 44.1 Å². The van der Waals surface area contributed by atoms with Crippen molar-refractivity contribution in [3.05, 3.63) is 110 Å². The maximum Gasteiger partial charge on any atom is 0.329 e. The fourth-order valence-electron chi connectivity index (χ4n) is 8.25. The number of imidazole rings is 1. The summed E-state index contributed by atoms with van der Waals surface area (Å²) in [5.41, 5.74) is 6.97. The number of nitrogens with zero attached hydrogens (tertiary/aromatic N) is 5. The van der Waals surface area contributed by atoms with Crippen LogP contribution < -0.4 is 26.0 Å². The smallest absolute Gasteiger partial charge is 0.329 e. The second-order valence-electron chi connectivity index (χ2n) is 14.6. The number of rotatable bonds is 8. The van der Waals surface area contributed by atoms with Crippen LogP contribution in [-0.2, 0) is 36.8 Å². The van der Waals surface area contributed by atoms with Crippen molar-refractivity contribution in [3.63, 3.8) is 0 Å². The van der Waals surface area contributed by atoms with Gasteiger partial charge in [-0.15, -0.1) is 0 Å². The predicted molar refractivity (Wildman–Crippen MR) is 205 cm³/mol. The first kappa shape index (κ1) is 34.3. The van der Waals surface area contributed by atoms with Crippen molar-refractivity contribution in [2.45, 2.75) is 50.7 Å². The molecule has 55 heavy (non-hydrogen) atoms. The molecule has 1 aliphatic carbocycles. The van der Waals surface area contributed by atoms with Crippen molar-refractivity contribution in [1.29, 1.82) is 0 Å². The lowest BCUT2D eigenvalue weighted by atomic mass is 9.98. The standard InChI is InChI=1S/C42H38N6O7/c1-45-20-30(28-17-32(22-8-9-22)43-18-29(28)40(45)51)25-15-35(54-3)31(36(16-25)55-4)21-47-19-24-11-10-23(14-27(24)41(47)52)26-6-5-7-33-38(26)46(2)42(53)48(33)34-12-13-37(49)44-39(34)50/h5-7,10-11,14-18,20,22,34H,8-9,12-13,19,21H2,1-4H3,(H,44,49,50). The largest absolute Gasteiger partial charge is 0.496 e. The van der Waals surface area contributed by atoms with Crippen LogP contribution in [-0.4, -0.2) is 55.5 Å². The van der Waals surface area contributed by atoms with E-state index in [0.29, 0.717) is 51.5 Å². The number of carbonyl (C=O) groups is 3. The quantitative estimate of drug-likeness (QED) is 0.216. The molecule has 3 aromatic carbocycles. The van der Waals surface area contributed by atoms with E-state index in [4.69, 9.17) is 9.47 Å². The van der Waals surface area contributed by atoms with E-state index < -0.39 is 11.9 Å². The molecule has 1 saturated carbocycles. The second kappa shape index (κ2) is 12.8. The number of ether oxygens (including phenoxy) is 2. The van der Waals surface area contributed by atoms with E-state index in [9.17, 15) is 24.0 Å². The van der Waals surface area contributed by atoms with Crippen molar-refractivity contribution in [2.75, 3.05) is 14.2 Å². The van der Waals surface area contributed by atoms with Gasteiger partial charge >= 0.3 is 5.69 Å². The number of pyridine rings is 2. The summed E-state index contributed by atoms with van der Waals surface area (Å²) in [5, 5.41) is 3.71. The van der Waals surface area contributed by atoms with Gasteiger partial charge in [0, 0.05) is 67.8 Å². The Balaban J connectivity index is 1.05. The van der Waals surface area contributed by atoms with E-state index in [-0.39, 0.29) is 42.4 Å². The monoisotopic (exact) mass is 738 g/mol. The Labute approximate surface area is 314 Å². The molecule has 3 amide bonds. The summed E-state index contributed by atoms with van der Waals surface area (Å²) in [6, 6.07) is 16.3. The average molecular weight is 739 g/mol. The Morgan fingerprint density at radius 3 is 2.31 bits per heavy atom. The minimum Gasteiger partial charge on any atom is -0.496 e. The lowest BCUT2D eigenvalue weighted by Gasteiger charge is -2.22. The molecule has 1 saturated heterocycles. The first-order chi connectivity index (χ1) is 26.6. The van der Waals surface area contributed by atoms with Crippen LogP contribution in [0, 0.1) is 0 Å². The van der Waals surface area contributed by atoms with Gasteiger partial charge < -0.3 is 18.9 Å². The molecule has 1 atom stereocenters. The van der Waals surface area contributed by atoms with Gasteiger partial charge in [0.25, 0.3) is 11.5 Å². The Kier molecular flexibility index (Phi) is 7.99. The number of aryl methyl sites for hydroxylation is 2. The van der Waals surface area contributed by atoms with Crippen LogP contribution >= 0.6 is 0 Å². The predicted octanol–water partition coefficient (Wildman–Crippen LogP) is 4.95. The third-order valence-electron chi connectivity index (χ3n) is 11.3. The number of piperidine rings is 1. The molecular weight excluding hydrogens is 700 g/mol. The highest BCUT2D eigenvalue weighted by Gasteiger charge is 2.33. The topological polar surface area (TPSA) is 147 Å². The Hall–Kier alpha value is -6.50. The fourth-order valence-corrected chi connectivity index (χ4v) is 8.25. The highest BCUT2D eigenvalue weighted by Crippen LogP contribution is 2.43. The zero-order valence-electron chi connectivity index (χ0n) is 30.8. The minimum absolute atomic E-state index is 0.120. The molecule has 2 aliphatic heterocycles. The maximum atomic E-state index is 14.1. The summed E-state index contributed by atoms with van der Waals surface area (Å²) in [6.45, 7) is 0.595. The number of aromatic nitrogens is 4. The van der Waals surface area contributed by atoms with Crippen molar-refractivity contribution in [2.24, 2.45) is 14.1 Å². The molecule has 9 rings (SSSR count). The third-order valence-corrected chi connectivity index (χ3v) is 11.3. The molecular formula is C42H38N6O7. The number of imide groups is 1. The SMILES string of the molecule is COc1cc(-c2cn(C)c(=O)c3cnc(C4CC4)cc23)cc(OC)c1CN1Cc2ccc(-c3cccc4c3n(C)c(=O)n4C3CCC(=O)NC3=O)cc2C1=O. The van der Waals surface area contributed by atoms with Crippen LogP contribution in [0.5, 0.6) is 11.5 Å². The van der Waals surface area contributed by atoms with Gasteiger partial charge in [0.05, 0.1) is 42.7 Å². The highest BCUT2D eigenvalue weighted by atomic mass is 16.5. The van der Waals surface area contributed by atoms with Crippen LogP contribution in [0.4, 0.5) is 0 Å². The number of carbonyl (C=O) groups excluding carboxylic acids is 3. The molecule has 1 unspecified atom stereocenters. The van der Waals surface area contributed by atoms with Crippen molar-refractivity contribution >= 4 is 39.5 Å². The van der Waals surface area contributed by atoms with Gasteiger partial charge in [-0.3, -0.25) is 38.6 Å². The maximum absolute atomic E-state index is 14.1. The number of para-hydroxylation sites is 1. The molecule has 5 heterocycles. The number of hydrogen-bond acceptors (Lipinski definition) is 8. The molecule has 13 heteroatoms. The zero-order valence-corrected chi connectivity index (χ0v) is 30.8. The van der Waals surface area contributed by atoms with Gasteiger partial charge in [-0.25, -0.2) is 4.79 Å². The second-order valence-corrected chi connectivity index (χ2v) is 14.6. The van der Waals surface area contributed by atoms with E-state index in [1.807, 2.05) is 54.7 Å². The summed E-state index contributed by atoms with van der Waals surface area (Å²) in [5.74, 6) is 0.506. The minimum atomic E-state index is -0.805. The average Bonchev–Trinajstić information content (AvgIpc) is 3.96. The summed E-state index contributed by atoms with van der Waals surface area (Å²) in [7, 11) is 6.56. The first-order valence-corrected chi connectivity index (χ1v) is 18.3. The Morgan fingerprint density at radius 2 is 1.60 bits per heavy atom. The highest BCUT2D eigenvalue weighted by molar-refractivity contribution is 6.03. The van der Waals surface area contributed by atoms with Crippen LogP contribution in [0.2, 0.25) is 0 Å². The van der Waals surface area contributed by atoms with Gasteiger partial charge in [0.2, 0.25) is 11.8 Å². The number of benzene rings is 3. The van der Waals surface area contributed by atoms with Crippen molar-refractivity contribution in [3.8, 4) is 33.8 Å². The lowest BCUT2D eigenvalue weighted by molar-refractivity contribution is -0.135. The van der Waals surface area contributed by atoms with Gasteiger partial charge in [-0.05, 0) is 71.7 Å². The molecule has 278 valence electrons. The van der Waals surface area contributed by atoms with Crippen molar-refractivity contribution < 1.29 is 23.9 Å². The summed E-state index contributed by atoms with van der Waals surface area (Å²) >= 11 is 0. The summed E-state index contributed by atoms with van der Waals surface area (Å²) in [4.78, 5) is 71.7. The third kappa shape index (κ3) is 5.52.